The first-order valence-corrected chi connectivity index (χ1v) is 12.5. The van der Waals surface area contributed by atoms with Crippen LogP contribution in [0, 0.1) is 5.21 Å². The minimum atomic E-state index is -0.687. The molecule has 0 spiro atoms. The quantitative estimate of drug-likeness (QED) is 0.184. The number of thioether (sulfide) groups is 1. The van der Waals surface area contributed by atoms with Gasteiger partial charge in [0.2, 0.25) is 0 Å². The fraction of sp³-hybridized carbons (Fsp3) is 0.259. The molecule has 0 saturated carbocycles. The molecule has 2 N–H and O–H groups in total. The van der Waals surface area contributed by atoms with Gasteiger partial charge in [0.1, 0.15) is 6.61 Å². The normalized spacial score (nSPS) is 19.4. The first-order valence-electron chi connectivity index (χ1n) is 11.5. The maximum Gasteiger partial charge on any atom is 0.411 e. The number of pyridine rings is 1. The summed E-state index contributed by atoms with van der Waals surface area (Å²) in [5.74, 6) is 0.559. The Balaban J connectivity index is 1.53. The molecule has 3 atom stereocenters. The third-order valence-corrected chi connectivity index (χ3v) is 6.71. The molecule has 9 heteroatoms. The molecule has 1 amide bonds. The second-order valence-electron chi connectivity index (χ2n) is 8.16. The second kappa shape index (κ2) is 12.5. The van der Waals surface area contributed by atoms with Crippen molar-refractivity contribution in [3.8, 4) is 0 Å². The van der Waals surface area contributed by atoms with Crippen LogP contribution >= 0.6 is 11.8 Å². The van der Waals surface area contributed by atoms with Gasteiger partial charge in [-0.05, 0) is 29.3 Å². The maximum absolute atomic E-state index is 12.1. The number of carbonyl (C=O) groups is 1. The number of aromatic nitrogens is 1. The van der Waals surface area contributed by atoms with Crippen molar-refractivity contribution >= 4 is 23.5 Å². The lowest BCUT2D eigenvalue weighted by Gasteiger charge is -2.36. The van der Waals surface area contributed by atoms with Gasteiger partial charge < -0.3 is 24.5 Å². The average Bonchev–Trinajstić information content (AvgIpc) is 2.91. The molecule has 0 radical (unpaired) electrons. The van der Waals surface area contributed by atoms with Crippen molar-refractivity contribution in [1.29, 1.82) is 0 Å². The van der Waals surface area contributed by atoms with E-state index in [4.69, 9.17) is 14.2 Å². The van der Waals surface area contributed by atoms with E-state index < -0.39 is 12.4 Å². The number of benzene rings is 2. The van der Waals surface area contributed by atoms with Gasteiger partial charge >= 0.3 is 6.09 Å². The van der Waals surface area contributed by atoms with E-state index in [1.54, 1.807) is 30.3 Å². The predicted molar refractivity (Wildman–Crippen MR) is 136 cm³/mol. The summed E-state index contributed by atoms with van der Waals surface area (Å²) in [5.41, 5.74) is 3.07. The van der Waals surface area contributed by atoms with Gasteiger partial charge in [0.15, 0.2) is 12.5 Å². The molecular weight excluding hydrogens is 480 g/mol. The van der Waals surface area contributed by atoms with Crippen molar-refractivity contribution in [2.24, 2.45) is 0 Å². The number of hydrogen-bond donors (Lipinski definition) is 2. The van der Waals surface area contributed by atoms with Crippen LogP contribution < -0.4 is 10.0 Å². The molecule has 2 aromatic carbocycles. The molecule has 0 bridgehead atoms. The number of anilines is 1. The Labute approximate surface area is 214 Å². The first-order chi connectivity index (χ1) is 17.6. The lowest BCUT2D eigenvalue weighted by atomic mass is 10.0. The molecule has 36 heavy (non-hydrogen) atoms. The van der Waals surface area contributed by atoms with Gasteiger partial charge in [0.05, 0.1) is 18.8 Å². The monoisotopic (exact) mass is 508 g/mol. The van der Waals surface area contributed by atoms with Gasteiger partial charge in [-0.15, -0.1) is 0 Å². The van der Waals surface area contributed by atoms with Crippen molar-refractivity contribution in [2.75, 3.05) is 17.7 Å². The van der Waals surface area contributed by atoms with Gasteiger partial charge in [0.25, 0.3) is 5.03 Å². The highest BCUT2D eigenvalue weighted by Crippen LogP contribution is 2.39. The zero-order valence-corrected chi connectivity index (χ0v) is 20.4. The fourth-order valence-corrected chi connectivity index (χ4v) is 4.71. The molecule has 8 nitrogen and oxygen atoms in total. The number of aliphatic hydroxyl groups excluding tert-OH is 1. The van der Waals surface area contributed by atoms with Crippen LogP contribution in [-0.4, -0.2) is 29.7 Å². The highest BCUT2D eigenvalue weighted by molar-refractivity contribution is 7.99. The van der Waals surface area contributed by atoms with Crippen LogP contribution in [-0.2, 0) is 20.8 Å². The summed E-state index contributed by atoms with van der Waals surface area (Å²) in [6.07, 6.45) is 1.83. The summed E-state index contributed by atoms with van der Waals surface area (Å²) in [6.45, 7) is 3.61. The van der Waals surface area contributed by atoms with Crippen LogP contribution in [0.2, 0.25) is 0 Å². The van der Waals surface area contributed by atoms with Crippen molar-refractivity contribution in [1.82, 2.24) is 0 Å². The molecule has 1 aliphatic heterocycles. The highest BCUT2D eigenvalue weighted by atomic mass is 32.2. The average molecular weight is 509 g/mol. The van der Waals surface area contributed by atoms with Gasteiger partial charge in [-0.2, -0.15) is 4.73 Å². The third kappa shape index (κ3) is 6.86. The Kier molecular flexibility index (Phi) is 8.96. The minimum Gasteiger partial charge on any atom is -0.618 e. The number of nitrogens with zero attached hydrogens (tertiary/aromatic N) is 1. The van der Waals surface area contributed by atoms with Crippen LogP contribution in [0.15, 0.2) is 90.6 Å². The lowest BCUT2D eigenvalue weighted by molar-refractivity contribution is -0.645. The summed E-state index contributed by atoms with van der Waals surface area (Å²) in [7, 11) is 0. The van der Waals surface area contributed by atoms with Gasteiger partial charge in [0, 0.05) is 35.6 Å². The van der Waals surface area contributed by atoms with E-state index in [0.29, 0.717) is 22.9 Å². The van der Waals surface area contributed by atoms with E-state index in [1.165, 1.54) is 24.0 Å². The predicted octanol–water partition coefficient (Wildman–Crippen LogP) is 4.88. The third-order valence-electron chi connectivity index (χ3n) is 5.56. The minimum absolute atomic E-state index is 0.0297. The molecule has 2 heterocycles. The largest absolute Gasteiger partial charge is 0.618 e. The number of rotatable bonds is 9. The first kappa shape index (κ1) is 25.7. The van der Waals surface area contributed by atoms with Crippen LogP contribution in [0.25, 0.3) is 0 Å². The van der Waals surface area contributed by atoms with Gasteiger partial charge in [-0.3, -0.25) is 5.32 Å². The van der Waals surface area contributed by atoms with Crippen molar-refractivity contribution in [2.45, 2.75) is 36.6 Å². The number of hydrogen-bond acceptors (Lipinski definition) is 7. The molecule has 1 aromatic heterocycles. The fourth-order valence-electron chi connectivity index (χ4n) is 3.78. The molecule has 3 aromatic rings. The standard InChI is InChI=1S/C27H28N2O6S/c1-2-14-33-27(31)28-22-7-5-6-21(15-22)26-34-23(18-36-25-8-3-4-13-29(25)32)16-24(35-26)20-11-9-19(17-30)10-12-20/h2-13,15,23-24,26,30H,1,14,16-18H2,(H,28,31). The zero-order valence-electron chi connectivity index (χ0n) is 19.6. The molecular formula is C27H28N2O6S. The molecule has 0 aliphatic carbocycles. The number of amides is 1. The van der Waals surface area contributed by atoms with E-state index in [2.05, 4.69) is 11.9 Å². The van der Waals surface area contributed by atoms with Crippen LogP contribution in [0.5, 0.6) is 0 Å². The summed E-state index contributed by atoms with van der Waals surface area (Å²) in [5, 5.41) is 24.7. The summed E-state index contributed by atoms with van der Waals surface area (Å²) in [4.78, 5) is 12.0. The Hall–Kier alpha value is -3.37. The lowest BCUT2D eigenvalue weighted by Crippen LogP contribution is -2.32. The molecule has 1 saturated heterocycles. The van der Waals surface area contributed by atoms with E-state index in [1.807, 2.05) is 36.4 Å². The molecule has 1 aliphatic rings. The van der Waals surface area contributed by atoms with E-state index >= 15 is 0 Å². The summed E-state index contributed by atoms with van der Waals surface area (Å²) < 4.78 is 18.5. The smallest absolute Gasteiger partial charge is 0.411 e. The van der Waals surface area contributed by atoms with Crippen molar-refractivity contribution < 1.29 is 28.8 Å². The number of aliphatic hydroxyl groups is 1. The Morgan fingerprint density at radius 2 is 2.00 bits per heavy atom. The summed E-state index contributed by atoms with van der Waals surface area (Å²) >= 11 is 1.43. The van der Waals surface area contributed by atoms with E-state index in [9.17, 15) is 15.1 Å². The van der Waals surface area contributed by atoms with Gasteiger partial charge in [-0.25, -0.2) is 4.79 Å². The maximum atomic E-state index is 12.1. The second-order valence-corrected chi connectivity index (χ2v) is 9.20. The Morgan fingerprint density at radius 1 is 1.17 bits per heavy atom. The number of nitrogens with one attached hydrogen (secondary N) is 1. The Bertz CT molecular complexity index is 1170. The van der Waals surface area contributed by atoms with Crippen molar-refractivity contribution in [3.05, 3.63) is 107 Å². The van der Waals surface area contributed by atoms with E-state index in [-0.39, 0.29) is 25.4 Å². The topological polar surface area (TPSA) is 104 Å². The SMILES string of the molecule is C=CCOC(=O)Nc1cccc(C2OC(CSc3cccc[n+]3[O-])CC(c3ccc(CO)cc3)O2)c1. The summed E-state index contributed by atoms with van der Waals surface area (Å²) in [6, 6.07) is 20.1. The van der Waals surface area contributed by atoms with Crippen molar-refractivity contribution in [3.63, 3.8) is 0 Å². The van der Waals surface area contributed by atoms with Crippen LogP contribution in [0.4, 0.5) is 10.5 Å². The molecule has 3 unspecified atom stereocenters. The highest BCUT2D eigenvalue weighted by Gasteiger charge is 2.33. The van der Waals surface area contributed by atoms with Crippen LogP contribution in [0.1, 0.15) is 35.5 Å². The Morgan fingerprint density at radius 3 is 2.75 bits per heavy atom. The zero-order chi connectivity index (χ0) is 25.3. The molecule has 1 fully saturated rings. The van der Waals surface area contributed by atoms with Crippen LogP contribution in [0.3, 0.4) is 0 Å². The molecule has 188 valence electrons. The number of ether oxygens (including phenoxy) is 3. The number of carbonyl (C=O) groups excluding carboxylic acids is 1. The van der Waals surface area contributed by atoms with E-state index in [0.717, 1.165) is 21.4 Å². The molecule has 4 rings (SSSR count). The van der Waals surface area contributed by atoms with Gasteiger partial charge in [-0.1, -0.05) is 60.8 Å².